The molecule has 0 saturated carbocycles. The minimum Gasteiger partial charge on any atom is -0.399 e. The molecular weight excluding hydrogens is 148 g/mol. The molecule has 60 valence electrons. The van der Waals surface area contributed by atoms with Crippen LogP contribution in [0.15, 0.2) is 24.3 Å². The Kier molecular flexibility index (Phi) is 1.81. The topological polar surface area (TPSA) is 26.0 Å². The Bertz CT molecular complexity index is 235. The fraction of sp³-hybridized carbons (Fsp3) is 0.250. The average molecular weight is 157 g/mol. The molecule has 0 aliphatic heterocycles. The number of nitrogens with two attached hydrogens (primary N) is 1. The van der Waals surface area contributed by atoms with Gasteiger partial charge in [0.05, 0.1) is 0 Å². The molecule has 3 heteroatoms. The summed E-state index contributed by atoms with van der Waals surface area (Å²) < 4.78 is 25.1. The van der Waals surface area contributed by atoms with Gasteiger partial charge in [0.25, 0.3) is 5.92 Å². The highest BCUT2D eigenvalue weighted by Crippen LogP contribution is 2.26. The van der Waals surface area contributed by atoms with Crippen LogP contribution < -0.4 is 5.73 Å². The lowest BCUT2D eigenvalue weighted by Crippen LogP contribution is -2.06. The van der Waals surface area contributed by atoms with Crippen LogP contribution in [0.1, 0.15) is 12.5 Å². The summed E-state index contributed by atoms with van der Waals surface area (Å²) in [6.45, 7) is 0.860. The van der Waals surface area contributed by atoms with Crippen molar-refractivity contribution >= 4 is 5.69 Å². The Labute approximate surface area is 63.8 Å². The van der Waals surface area contributed by atoms with Crippen molar-refractivity contribution in [2.45, 2.75) is 12.8 Å². The first-order valence-corrected chi connectivity index (χ1v) is 3.24. The van der Waals surface area contributed by atoms with Gasteiger partial charge in [0.15, 0.2) is 0 Å². The Hall–Kier alpha value is -1.12. The molecule has 0 aliphatic rings. The van der Waals surface area contributed by atoms with Crippen LogP contribution in [-0.4, -0.2) is 0 Å². The van der Waals surface area contributed by atoms with E-state index in [4.69, 9.17) is 5.73 Å². The number of hydrogen-bond donors (Lipinski definition) is 1. The van der Waals surface area contributed by atoms with E-state index in [0.29, 0.717) is 5.69 Å². The third-order valence-corrected chi connectivity index (χ3v) is 1.42. The number of nitrogen functional groups attached to an aromatic ring is 1. The van der Waals surface area contributed by atoms with Gasteiger partial charge in [-0.3, -0.25) is 0 Å². The van der Waals surface area contributed by atoms with Crippen LogP contribution in [-0.2, 0) is 5.92 Å². The van der Waals surface area contributed by atoms with Crippen molar-refractivity contribution in [3.63, 3.8) is 0 Å². The van der Waals surface area contributed by atoms with E-state index in [0.717, 1.165) is 6.92 Å². The summed E-state index contributed by atoms with van der Waals surface area (Å²) in [5.74, 6) is -2.77. The van der Waals surface area contributed by atoms with Crippen LogP contribution in [0.2, 0.25) is 0 Å². The molecule has 1 rings (SSSR count). The van der Waals surface area contributed by atoms with Crippen molar-refractivity contribution in [1.82, 2.24) is 0 Å². The third-order valence-electron chi connectivity index (χ3n) is 1.42. The number of benzene rings is 1. The molecule has 0 amide bonds. The molecule has 0 saturated heterocycles. The van der Waals surface area contributed by atoms with Crippen LogP contribution in [0.5, 0.6) is 0 Å². The predicted molar refractivity (Wildman–Crippen MR) is 40.4 cm³/mol. The van der Waals surface area contributed by atoms with Gasteiger partial charge in [0.1, 0.15) is 0 Å². The van der Waals surface area contributed by atoms with Crippen molar-refractivity contribution in [3.05, 3.63) is 29.8 Å². The second-order valence-electron chi connectivity index (χ2n) is 2.51. The molecule has 11 heavy (non-hydrogen) atoms. The SMILES string of the molecule is CC(F)(F)c1ccc(N)cc1. The molecule has 0 aromatic heterocycles. The van der Waals surface area contributed by atoms with E-state index in [2.05, 4.69) is 0 Å². The second kappa shape index (κ2) is 2.49. The van der Waals surface area contributed by atoms with Crippen molar-refractivity contribution in [2.75, 3.05) is 5.73 Å². The zero-order valence-corrected chi connectivity index (χ0v) is 6.14. The van der Waals surface area contributed by atoms with E-state index in [1.807, 2.05) is 0 Å². The van der Waals surface area contributed by atoms with Crippen LogP contribution in [0.25, 0.3) is 0 Å². The van der Waals surface area contributed by atoms with Crippen LogP contribution >= 0.6 is 0 Å². The van der Waals surface area contributed by atoms with E-state index in [-0.39, 0.29) is 5.56 Å². The zero-order chi connectivity index (χ0) is 8.48. The van der Waals surface area contributed by atoms with Gasteiger partial charge in [-0.25, -0.2) is 8.78 Å². The summed E-state index contributed by atoms with van der Waals surface area (Å²) in [5, 5.41) is 0. The molecule has 1 nitrogen and oxygen atoms in total. The van der Waals surface area contributed by atoms with Gasteiger partial charge < -0.3 is 5.73 Å². The highest BCUT2D eigenvalue weighted by atomic mass is 19.3. The van der Waals surface area contributed by atoms with Gasteiger partial charge in [-0.2, -0.15) is 0 Å². The number of hydrogen-bond acceptors (Lipinski definition) is 1. The van der Waals surface area contributed by atoms with E-state index >= 15 is 0 Å². The fourth-order valence-corrected chi connectivity index (χ4v) is 0.776. The van der Waals surface area contributed by atoms with Gasteiger partial charge in [0, 0.05) is 18.2 Å². The van der Waals surface area contributed by atoms with Gasteiger partial charge in [-0.05, 0) is 12.1 Å². The van der Waals surface area contributed by atoms with Crippen molar-refractivity contribution in [2.24, 2.45) is 0 Å². The predicted octanol–water partition coefficient (Wildman–Crippen LogP) is 2.38. The number of alkyl halides is 2. The molecule has 0 unspecified atom stereocenters. The lowest BCUT2D eigenvalue weighted by molar-refractivity contribution is 0.0175. The maximum absolute atomic E-state index is 12.5. The van der Waals surface area contributed by atoms with E-state index in [9.17, 15) is 8.78 Å². The quantitative estimate of drug-likeness (QED) is 0.622. The third kappa shape index (κ3) is 1.90. The summed E-state index contributed by atoms with van der Waals surface area (Å²) in [6.07, 6.45) is 0. The average Bonchev–Trinajstić information content (AvgIpc) is 1.86. The van der Waals surface area contributed by atoms with E-state index < -0.39 is 5.92 Å². The number of halogens is 2. The first-order chi connectivity index (χ1) is 5.00. The second-order valence-corrected chi connectivity index (χ2v) is 2.51. The maximum atomic E-state index is 12.5. The van der Waals surface area contributed by atoms with Crippen molar-refractivity contribution in [1.29, 1.82) is 0 Å². The summed E-state index contributed by atoms with van der Waals surface area (Å²) >= 11 is 0. The minimum atomic E-state index is -2.77. The molecule has 0 bridgehead atoms. The van der Waals surface area contributed by atoms with Gasteiger partial charge in [-0.15, -0.1) is 0 Å². The first-order valence-electron chi connectivity index (χ1n) is 3.24. The first kappa shape index (κ1) is 7.98. The normalized spacial score (nSPS) is 11.5. The Balaban J connectivity index is 2.99. The Morgan fingerprint density at radius 2 is 1.64 bits per heavy atom. The lowest BCUT2D eigenvalue weighted by Gasteiger charge is -2.09. The van der Waals surface area contributed by atoms with Gasteiger partial charge in [-0.1, -0.05) is 12.1 Å². The molecule has 1 aromatic carbocycles. The lowest BCUT2D eigenvalue weighted by atomic mass is 10.1. The molecule has 0 radical (unpaired) electrons. The Morgan fingerprint density at radius 1 is 1.18 bits per heavy atom. The highest BCUT2D eigenvalue weighted by Gasteiger charge is 2.23. The van der Waals surface area contributed by atoms with Gasteiger partial charge in [0.2, 0.25) is 0 Å². The minimum absolute atomic E-state index is 0.00769. The molecule has 0 heterocycles. The Morgan fingerprint density at radius 3 is 2.00 bits per heavy atom. The molecule has 0 atom stereocenters. The molecule has 1 aromatic rings. The number of anilines is 1. The molecule has 0 aliphatic carbocycles. The summed E-state index contributed by atoms with van der Waals surface area (Å²) in [5.41, 5.74) is 5.82. The standard InChI is InChI=1S/C8H9F2N/c1-8(9,10)6-2-4-7(11)5-3-6/h2-5H,11H2,1H3. The summed E-state index contributed by atoms with van der Waals surface area (Å²) in [4.78, 5) is 0. The van der Waals surface area contributed by atoms with Crippen molar-refractivity contribution < 1.29 is 8.78 Å². The smallest absolute Gasteiger partial charge is 0.270 e. The summed E-state index contributed by atoms with van der Waals surface area (Å²) in [6, 6.07) is 5.59. The molecule has 0 spiro atoms. The zero-order valence-electron chi connectivity index (χ0n) is 6.14. The van der Waals surface area contributed by atoms with E-state index in [1.54, 1.807) is 0 Å². The van der Waals surface area contributed by atoms with E-state index in [1.165, 1.54) is 24.3 Å². The monoisotopic (exact) mass is 157 g/mol. The van der Waals surface area contributed by atoms with Crippen LogP contribution in [0.4, 0.5) is 14.5 Å². The summed E-state index contributed by atoms with van der Waals surface area (Å²) in [7, 11) is 0. The van der Waals surface area contributed by atoms with Crippen LogP contribution in [0, 0.1) is 0 Å². The number of rotatable bonds is 1. The van der Waals surface area contributed by atoms with Gasteiger partial charge >= 0.3 is 0 Å². The van der Waals surface area contributed by atoms with Crippen molar-refractivity contribution in [3.8, 4) is 0 Å². The fourth-order valence-electron chi connectivity index (χ4n) is 0.776. The molecule has 2 N–H and O–H groups in total. The maximum Gasteiger partial charge on any atom is 0.270 e. The largest absolute Gasteiger partial charge is 0.399 e. The highest BCUT2D eigenvalue weighted by molar-refractivity contribution is 5.40. The van der Waals surface area contributed by atoms with Crippen LogP contribution in [0.3, 0.4) is 0 Å². The molecule has 0 fully saturated rings. The molecular formula is C8H9F2N.